The minimum Gasteiger partial charge on any atom is -0.166 e. The first kappa shape index (κ1) is 10.7. The molecule has 0 fully saturated rings. The Balaban J connectivity index is 2.45. The molecular weight excluding hydrogens is 213 g/mol. The van der Waals surface area contributed by atoms with Crippen LogP contribution in [0.1, 0.15) is 5.56 Å². The lowest BCUT2D eigenvalue weighted by Gasteiger charge is -2.07. The minimum atomic E-state index is -4.34. The van der Waals surface area contributed by atoms with Crippen LogP contribution in [0, 0.1) is 6.07 Å². The molecule has 0 bridgehead atoms. The first-order valence-corrected chi connectivity index (χ1v) is 4.72. The fourth-order valence-corrected chi connectivity index (χ4v) is 1.42. The molecule has 3 heteroatoms. The highest BCUT2D eigenvalue weighted by atomic mass is 19.4. The molecule has 0 aliphatic heterocycles. The molecule has 2 rings (SSSR count). The molecule has 2 aromatic carbocycles. The first-order chi connectivity index (χ1) is 7.57. The van der Waals surface area contributed by atoms with Gasteiger partial charge in [-0.3, -0.25) is 0 Å². The van der Waals surface area contributed by atoms with Gasteiger partial charge in [-0.2, -0.15) is 13.2 Å². The average molecular weight is 221 g/mol. The van der Waals surface area contributed by atoms with Gasteiger partial charge in [0, 0.05) is 6.07 Å². The van der Waals surface area contributed by atoms with Crippen molar-refractivity contribution in [2.24, 2.45) is 0 Å². The molecule has 0 aromatic heterocycles. The number of hydrogen-bond donors (Lipinski definition) is 0. The van der Waals surface area contributed by atoms with Crippen molar-refractivity contribution in [2.75, 3.05) is 0 Å². The van der Waals surface area contributed by atoms with Crippen molar-refractivity contribution < 1.29 is 13.2 Å². The van der Waals surface area contributed by atoms with Gasteiger partial charge in [0.15, 0.2) is 0 Å². The van der Waals surface area contributed by atoms with Crippen molar-refractivity contribution in [2.45, 2.75) is 6.18 Å². The Morgan fingerprint density at radius 3 is 2.12 bits per heavy atom. The van der Waals surface area contributed by atoms with Crippen LogP contribution in [0.4, 0.5) is 13.2 Å². The lowest BCUT2D eigenvalue weighted by atomic mass is 10.0. The predicted molar refractivity (Wildman–Crippen MR) is 55.7 cm³/mol. The third-order valence-electron chi connectivity index (χ3n) is 2.19. The topological polar surface area (TPSA) is 0 Å². The molecule has 0 nitrogen and oxygen atoms in total. The third-order valence-corrected chi connectivity index (χ3v) is 2.19. The van der Waals surface area contributed by atoms with E-state index in [1.54, 1.807) is 30.3 Å². The van der Waals surface area contributed by atoms with Crippen molar-refractivity contribution >= 4 is 0 Å². The Morgan fingerprint density at radius 2 is 1.50 bits per heavy atom. The molecular formula is C13H8F3. The minimum absolute atomic E-state index is 0.454. The van der Waals surface area contributed by atoms with Crippen LogP contribution in [-0.4, -0.2) is 0 Å². The molecule has 0 saturated heterocycles. The average Bonchev–Trinajstić information content (AvgIpc) is 2.29. The summed E-state index contributed by atoms with van der Waals surface area (Å²) in [6.45, 7) is 0. The Morgan fingerprint density at radius 1 is 0.812 bits per heavy atom. The molecule has 0 N–H and O–H groups in total. The predicted octanol–water partition coefficient (Wildman–Crippen LogP) is 4.17. The fourth-order valence-electron chi connectivity index (χ4n) is 1.42. The normalized spacial score (nSPS) is 11.4. The fraction of sp³-hybridized carbons (Fsp3) is 0.0769. The van der Waals surface area contributed by atoms with Crippen molar-refractivity contribution in [3.8, 4) is 11.1 Å². The third kappa shape index (κ3) is 2.24. The molecule has 0 saturated carbocycles. The number of benzene rings is 2. The van der Waals surface area contributed by atoms with E-state index in [2.05, 4.69) is 6.07 Å². The molecule has 0 aliphatic rings. The van der Waals surface area contributed by atoms with Crippen molar-refractivity contribution in [3.05, 3.63) is 60.2 Å². The number of rotatable bonds is 1. The summed E-state index contributed by atoms with van der Waals surface area (Å²) in [6.07, 6.45) is -4.34. The number of alkyl halides is 3. The van der Waals surface area contributed by atoms with Crippen LogP contribution < -0.4 is 0 Å². The standard InChI is InChI=1S/C13H8F3/c14-13(15,16)12-8-4-7-11(9-12)10-5-2-1-3-6-10/h1-8H. The Kier molecular flexibility index (Phi) is 2.69. The summed E-state index contributed by atoms with van der Waals surface area (Å²) in [4.78, 5) is 0. The molecule has 2 aromatic rings. The van der Waals surface area contributed by atoms with Gasteiger partial charge in [-0.05, 0) is 17.2 Å². The van der Waals surface area contributed by atoms with E-state index < -0.39 is 11.7 Å². The van der Waals surface area contributed by atoms with E-state index in [-0.39, 0.29) is 0 Å². The number of hydrogen-bond acceptors (Lipinski definition) is 0. The highest BCUT2D eigenvalue weighted by molar-refractivity contribution is 5.63. The summed E-state index contributed by atoms with van der Waals surface area (Å²) in [5.41, 5.74) is 0.442. The quantitative estimate of drug-likeness (QED) is 0.677. The second kappa shape index (κ2) is 4.00. The maximum Gasteiger partial charge on any atom is 0.417 e. The van der Waals surface area contributed by atoms with Gasteiger partial charge >= 0.3 is 6.18 Å². The molecule has 0 amide bonds. The summed E-state index contributed by atoms with van der Waals surface area (Å²) in [7, 11) is 0. The van der Waals surface area contributed by atoms with E-state index in [4.69, 9.17) is 0 Å². The van der Waals surface area contributed by atoms with E-state index in [1.165, 1.54) is 6.07 Å². The molecule has 0 spiro atoms. The van der Waals surface area contributed by atoms with Gasteiger partial charge in [-0.25, -0.2) is 0 Å². The highest BCUT2D eigenvalue weighted by Gasteiger charge is 2.30. The van der Waals surface area contributed by atoms with E-state index in [0.717, 1.165) is 11.6 Å². The van der Waals surface area contributed by atoms with E-state index in [1.807, 2.05) is 6.07 Å². The van der Waals surface area contributed by atoms with Gasteiger partial charge in [-0.1, -0.05) is 42.5 Å². The van der Waals surface area contributed by atoms with Gasteiger partial charge in [0.25, 0.3) is 0 Å². The second-order valence-corrected chi connectivity index (χ2v) is 3.34. The van der Waals surface area contributed by atoms with Gasteiger partial charge in [0.05, 0.1) is 5.56 Å². The zero-order valence-corrected chi connectivity index (χ0v) is 8.25. The second-order valence-electron chi connectivity index (χ2n) is 3.34. The van der Waals surface area contributed by atoms with Crippen LogP contribution in [0.15, 0.2) is 48.5 Å². The largest absolute Gasteiger partial charge is 0.417 e. The molecule has 16 heavy (non-hydrogen) atoms. The maximum atomic E-state index is 12.5. The molecule has 0 aliphatic carbocycles. The Hall–Kier alpha value is -1.77. The highest BCUT2D eigenvalue weighted by Crippen LogP contribution is 2.31. The van der Waals surface area contributed by atoms with Crippen LogP contribution in [0.25, 0.3) is 11.1 Å². The van der Waals surface area contributed by atoms with Gasteiger partial charge in [0.1, 0.15) is 0 Å². The van der Waals surface area contributed by atoms with Crippen molar-refractivity contribution in [1.82, 2.24) is 0 Å². The van der Waals surface area contributed by atoms with E-state index in [0.29, 0.717) is 5.56 Å². The zero-order chi connectivity index (χ0) is 11.6. The molecule has 0 unspecified atom stereocenters. The molecule has 1 radical (unpaired) electrons. The van der Waals surface area contributed by atoms with Crippen LogP contribution in [0.2, 0.25) is 0 Å². The maximum absolute atomic E-state index is 12.5. The lowest BCUT2D eigenvalue weighted by Crippen LogP contribution is -2.04. The number of halogens is 3. The summed E-state index contributed by atoms with van der Waals surface area (Å²) >= 11 is 0. The van der Waals surface area contributed by atoms with E-state index in [9.17, 15) is 13.2 Å². The Labute approximate surface area is 91.4 Å². The first-order valence-electron chi connectivity index (χ1n) is 4.72. The monoisotopic (exact) mass is 221 g/mol. The summed E-state index contributed by atoms with van der Waals surface area (Å²) in [5.74, 6) is 0. The SMILES string of the molecule is FC(F)(F)c1[c]c(-c2ccccc2)ccc1. The van der Waals surface area contributed by atoms with E-state index >= 15 is 0 Å². The smallest absolute Gasteiger partial charge is 0.166 e. The summed E-state index contributed by atoms with van der Waals surface area (Å²) in [6, 6.07) is 15.3. The lowest BCUT2D eigenvalue weighted by molar-refractivity contribution is -0.137. The Bertz CT molecular complexity index is 472. The van der Waals surface area contributed by atoms with Gasteiger partial charge in [0.2, 0.25) is 0 Å². The van der Waals surface area contributed by atoms with Crippen molar-refractivity contribution in [1.29, 1.82) is 0 Å². The zero-order valence-electron chi connectivity index (χ0n) is 8.25. The van der Waals surface area contributed by atoms with Gasteiger partial charge in [-0.15, -0.1) is 0 Å². The van der Waals surface area contributed by atoms with Crippen LogP contribution in [0.5, 0.6) is 0 Å². The summed E-state index contributed by atoms with van der Waals surface area (Å²) < 4.78 is 37.4. The van der Waals surface area contributed by atoms with Crippen molar-refractivity contribution in [3.63, 3.8) is 0 Å². The van der Waals surface area contributed by atoms with Crippen LogP contribution >= 0.6 is 0 Å². The van der Waals surface area contributed by atoms with Crippen LogP contribution in [0.3, 0.4) is 0 Å². The molecule has 0 heterocycles. The molecule has 0 atom stereocenters. The van der Waals surface area contributed by atoms with Crippen LogP contribution in [-0.2, 0) is 6.18 Å². The summed E-state index contributed by atoms with van der Waals surface area (Å²) in [5, 5.41) is 0. The molecule has 81 valence electrons. The van der Waals surface area contributed by atoms with Gasteiger partial charge < -0.3 is 0 Å².